The van der Waals surface area contributed by atoms with Crippen LogP contribution < -0.4 is 15.2 Å². The van der Waals surface area contributed by atoms with Crippen molar-refractivity contribution < 1.29 is 14.3 Å². The summed E-state index contributed by atoms with van der Waals surface area (Å²) in [4.78, 5) is 33.0. The largest absolute Gasteiger partial charge is 0.495 e. The Morgan fingerprint density at radius 3 is 2.70 bits per heavy atom. The lowest BCUT2D eigenvalue weighted by Crippen LogP contribution is -2.49. The number of H-pyrrole nitrogens is 1. The van der Waals surface area contributed by atoms with E-state index < -0.39 is 0 Å². The van der Waals surface area contributed by atoms with Gasteiger partial charge in [0.15, 0.2) is 0 Å². The molecule has 1 aliphatic rings. The van der Waals surface area contributed by atoms with Gasteiger partial charge in [-0.3, -0.25) is 14.3 Å². The van der Waals surface area contributed by atoms with Crippen molar-refractivity contribution in [3.05, 3.63) is 40.6 Å². The second kappa shape index (κ2) is 9.99. The molecule has 0 aliphatic carbocycles. The molecule has 0 bridgehead atoms. The number of nitrogens with zero attached hydrogens (tertiary/aromatic N) is 6. The van der Waals surface area contributed by atoms with Gasteiger partial charge in [0.2, 0.25) is 5.91 Å². The molecule has 1 amide bonds. The third kappa shape index (κ3) is 4.98. The lowest BCUT2D eigenvalue weighted by Gasteiger charge is -2.35. The van der Waals surface area contributed by atoms with E-state index in [0.717, 1.165) is 24.7 Å². The number of carbonyl (C=O) groups excluding carboxylic acids is 1. The molecule has 3 aromatic rings. The van der Waals surface area contributed by atoms with Crippen molar-refractivity contribution in [2.75, 3.05) is 51.4 Å². The zero-order valence-corrected chi connectivity index (χ0v) is 19.2. The van der Waals surface area contributed by atoms with Crippen LogP contribution in [0.2, 0.25) is 0 Å². The fourth-order valence-corrected chi connectivity index (χ4v) is 4.02. The molecule has 1 N–H and O–H groups in total. The van der Waals surface area contributed by atoms with Gasteiger partial charge >= 0.3 is 0 Å². The van der Waals surface area contributed by atoms with Crippen LogP contribution in [0.3, 0.4) is 0 Å². The molecule has 0 aromatic carbocycles. The van der Waals surface area contributed by atoms with E-state index >= 15 is 0 Å². The number of piperazine rings is 1. The Morgan fingerprint density at radius 2 is 2.00 bits per heavy atom. The zero-order valence-electron chi connectivity index (χ0n) is 19.2. The highest BCUT2D eigenvalue weighted by Gasteiger charge is 2.22. The normalized spacial score (nSPS) is 15.1. The minimum absolute atomic E-state index is 0.0844. The van der Waals surface area contributed by atoms with Gasteiger partial charge in [-0.2, -0.15) is 10.2 Å². The molecule has 1 fully saturated rings. The molecular weight excluding hydrogens is 426 g/mol. The van der Waals surface area contributed by atoms with Crippen molar-refractivity contribution >= 4 is 22.6 Å². The van der Waals surface area contributed by atoms with Crippen LogP contribution in [0.15, 0.2) is 29.3 Å². The number of rotatable bonds is 8. The highest BCUT2D eigenvalue weighted by Crippen LogP contribution is 2.19. The molecule has 11 nitrogen and oxygen atoms in total. The van der Waals surface area contributed by atoms with Crippen molar-refractivity contribution in [2.45, 2.75) is 26.3 Å². The lowest BCUT2D eigenvalue weighted by atomic mass is 10.2. The number of hydrogen-bond donors (Lipinski definition) is 1. The fourth-order valence-electron chi connectivity index (χ4n) is 4.02. The number of fused-ring (bicyclic) bond motifs is 1. The Balaban J connectivity index is 1.22. The van der Waals surface area contributed by atoms with Gasteiger partial charge in [-0.05, 0) is 26.0 Å². The molecule has 1 unspecified atom stereocenters. The third-order valence-electron chi connectivity index (χ3n) is 5.85. The van der Waals surface area contributed by atoms with E-state index in [1.54, 1.807) is 31.1 Å². The molecule has 0 spiro atoms. The van der Waals surface area contributed by atoms with Crippen LogP contribution >= 0.6 is 0 Å². The van der Waals surface area contributed by atoms with Crippen molar-refractivity contribution in [1.82, 2.24) is 29.9 Å². The zero-order chi connectivity index (χ0) is 23.4. The van der Waals surface area contributed by atoms with E-state index in [1.807, 2.05) is 24.0 Å². The summed E-state index contributed by atoms with van der Waals surface area (Å²) in [5.41, 5.74) is 1.07. The summed E-state index contributed by atoms with van der Waals surface area (Å²) in [6.45, 7) is 7.26. The number of aryl methyl sites for hydroxylation is 1. The van der Waals surface area contributed by atoms with E-state index in [2.05, 4.69) is 25.2 Å². The minimum atomic E-state index is -0.252. The number of amides is 1. The maximum atomic E-state index is 12.6. The topological polar surface area (TPSA) is 118 Å². The first kappa shape index (κ1) is 22.7. The average molecular weight is 456 g/mol. The van der Waals surface area contributed by atoms with Crippen LogP contribution in [-0.2, 0) is 9.53 Å². The molecule has 11 heteroatoms. The van der Waals surface area contributed by atoms with Crippen molar-refractivity contribution in [2.24, 2.45) is 0 Å². The molecule has 4 heterocycles. The highest BCUT2D eigenvalue weighted by atomic mass is 16.5. The monoisotopic (exact) mass is 455 g/mol. The molecule has 4 rings (SSSR count). The predicted octanol–water partition coefficient (Wildman–Crippen LogP) is 1.15. The quantitative estimate of drug-likeness (QED) is 0.503. The van der Waals surface area contributed by atoms with Crippen LogP contribution in [0.25, 0.3) is 10.9 Å². The minimum Gasteiger partial charge on any atom is -0.495 e. The number of ether oxygens (including phenoxy) is 2. The summed E-state index contributed by atoms with van der Waals surface area (Å²) in [5.74, 6) is 1.70. The Hall–Kier alpha value is -3.47. The molecule has 1 atom stereocenters. The second-order valence-corrected chi connectivity index (χ2v) is 8.09. The summed E-state index contributed by atoms with van der Waals surface area (Å²) in [7, 11) is 1.62. The van der Waals surface area contributed by atoms with Crippen LogP contribution in [-0.4, -0.2) is 82.3 Å². The van der Waals surface area contributed by atoms with Gasteiger partial charge in [0, 0.05) is 26.2 Å². The van der Waals surface area contributed by atoms with Crippen molar-refractivity contribution in [1.29, 1.82) is 0 Å². The number of hydrogen-bond acceptors (Lipinski definition) is 8. The number of anilines is 1. The standard InChI is InChI=1S/C22H29N7O4/c1-15(29-18-13-24-25-22(31)21(18)16(2)26-29)14-33-11-6-20(30)28-9-7-27(8-10-28)19-5-4-17(32-3)12-23-19/h4-5,12-13,15H,6-11,14H2,1-3H3,(H,25,31). The van der Waals surface area contributed by atoms with Gasteiger partial charge in [-0.15, -0.1) is 0 Å². The lowest BCUT2D eigenvalue weighted by molar-refractivity contribution is -0.132. The predicted molar refractivity (Wildman–Crippen MR) is 123 cm³/mol. The smallest absolute Gasteiger partial charge is 0.275 e. The SMILES string of the molecule is COc1ccc(N2CCN(C(=O)CCOCC(C)n3nc(C)c4c(=O)[nH]ncc43)CC2)nc1. The molecule has 0 saturated carbocycles. The van der Waals surface area contributed by atoms with Gasteiger partial charge < -0.3 is 19.3 Å². The van der Waals surface area contributed by atoms with E-state index in [9.17, 15) is 9.59 Å². The summed E-state index contributed by atoms with van der Waals surface area (Å²) in [5, 5.41) is 11.3. The van der Waals surface area contributed by atoms with Crippen LogP contribution in [0.4, 0.5) is 5.82 Å². The third-order valence-corrected chi connectivity index (χ3v) is 5.85. The first-order valence-electron chi connectivity index (χ1n) is 11.0. The van der Waals surface area contributed by atoms with Gasteiger partial charge in [-0.1, -0.05) is 0 Å². The van der Waals surface area contributed by atoms with Crippen molar-refractivity contribution in [3.63, 3.8) is 0 Å². The van der Waals surface area contributed by atoms with Gasteiger partial charge in [0.1, 0.15) is 11.6 Å². The van der Waals surface area contributed by atoms with Crippen LogP contribution in [0, 0.1) is 6.92 Å². The van der Waals surface area contributed by atoms with Gasteiger partial charge in [0.05, 0.1) is 61.8 Å². The number of carbonyl (C=O) groups is 1. The first-order chi connectivity index (χ1) is 16.0. The number of pyridine rings is 1. The number of aromatic amines is 1. The summed E-state index contributed by atoms with van der Waals surface area (Å²) in [6, 6.07) is 3.72. The van der Waals surface area contributed by atoms with E-state index in [-0.39, 0.29) is 17.5 Å². The van der Waals surface area contributed by atoms with E-state index in [1.165, 1.54) is 0 Å². The summed E-state index contributed by atoms with van der Waals surface area (Å²) in [6.07, 6.45) is 3.62. The maximum absolute atomic E-state index is 12.6. The number of aromatic nitrogens is 5. The maximum Gasteiger partial charge on any atom is 0.275 e. The fraction of sp³-hybridized carbons (Fsp3) is 0.500. The Morgan fingerprint density at radius 1 is 1.21 bits per heavy atom. The second-order valence-electron chi connectivity index (χ2n) is 8.09. The molecule has 3 aromatic heterocycles. The molecule has 33 heavy (non-hydrogen) atoms. The van der Waals surface area contributed by atoms with E-state index in [4.69, 9.17) is 9.47 Å². The molecule has 1 aliphatic heterocycles. The number of methoxy groups -OCH3 is 1. The summed E-state index contributed by atoms with van der Waals surface area (Å²) >= 11 is 0. The van der Waals surface area contributed by atoms with Crippen LogP contribution in [0.5, 0.6) is 5.75 Å². The molecular formula is C22H29N7O4. The molecule has 1 saturated heterocycles. The van der Waals surface area contributed by atoms with Gasteiger partial charge in [-0.25, -0.2) is 10.1 Å². The Labute approximate surface area is 191 Å². The average Bonchev–Trinajstić information content (AvgIpc) is 3.19. The van der Waals surface area contributed by atoms with Crippen molar-refractivity contribution in [3.8, 4) is 5.75 Å². The van der Waals surface area contributed by atoms with Crippen LogP contribution in [0.1, 0.15) is 25.1 Å². The Kier molecular flexibility index (Phi) is 6.87. The first-order valence-corrected chi connectivity index (χ1v) is 11.0. The van der Waals surface area contributed by atoms with Gasteiger partial charge in [0.25, 0.3) is 5.56 Å². The molecule has 176 valence electrons. The Bertz CT molecular complexity index is 1150. The summed E-state index contributed by atoms with van der Waals surface area (Å²) < 4.78 is 12.7. The number of nitrogens with one attached hydrogen (secondary N) is 1. The highest BCUT2D eigenvalue weighted by molar-refractivity contribution is 5.79. The van der Waals surface area contributed by atoms with E-state index in [0.29, 0.717) is 49.3 Å². The molecule has 0 radical (unpaired) electrons.